The van der Waals surface area contributed by atoms with Crippen molar-refractivity contribution >= 4 is 38.9 Å². The largest absolute Gasteiger partial charge is 0.478 e. The van der Waals surface area contributed by atoms with Crippen LogP contribution in [0.15, 0.2) is 48.0 Å². The van der Waals surface area contributed by atoms with Crippen LogP contribution in [-0.4, -0.2) is 16.1 Å². The lowest BCUT2D eigenvalue weighted by molar-refractivity contribution is 0.0696. The zero-order valence-corrected chi connectivity index (χ0v) is 10.6. The molecule has 3 aromatic rings. The summed E-state index contributed by atoms with van der Waals surface area (Å²) in [5.74, 6) is -0.349. The zero-order chi connectivity index (χ0) is 13.2. The van der Waals surface area contributed by atoms with Crippen LogP contribution in [0.5, 0.6) is 0 Å². The SMILES string of the molecule is O=C(O)c1ccc(Nc2ccc3sccc3c2)nc1. The molecule has 2 heterocycles. The van der Waals surface area contributed by atoms with Gasteiger partial charge in [-0.1, -0.05) is 0 Å². The van der Waals surface area contributed by atoms with Crippen molar-refractivity contribution in [2.24, 2.45) is 0 Å². The molecule has 2 N–H and O–H groups in total. The second kappa shape index (κ2) is 4.70. The number of carbonyl (C=O) groups is 1. The molecule has 19 heavy (non-hydrogen) atoms. The lowest BCUT2D eigenvalue weighted by Crippen LogP contribution is -1.99. The molecule has 0 atom stereocenters. The van der Waals surface area contributed by atoms with Gasteiger partial charge < -0.3 is 10.4 Å². The average molecular weight is 270 g/mol. The Morgan fingerprint density at radius 1 is 1.21 bits per heavy atom. The summed E-state index contributed by atoms with van der Waals surface area (Å²) in [6.07, 6.45) is 1.34. The van der Waals surface area contributed by atoms with Crippen molar-refractivity contribution in [2.45, 2.75) is 0 Å². The van der Waals surface area contributed by atoms with Gasteiger partial charge in [0.15, 0.2) is 0 Å². The number of aromatic carboxylic acids is 1. The van der Waals surface area contributed by atoms with Crippen LogP contribution in [0.3, 0.4) is 0 Å². The van der Waals surface area contributed by atoms with Crippen molar-refractivity contribution in [3.8, 4) is 0 Å². The fraction of sp³-hybridized carbons (Fsp3) is 0. The van der Waals surface area contributed by atoms with Gasteiger partial charge in [0.2, 0.25) is 0 Å². The lowest BCUT2D eigenvalue weighted by Gasteiger charge is -2.05. The van der Waals surface area contributed by atoms with E-state index in [4.69, 9.17) is 5.11 Å². The number of nitrogens with one attached hydrogen (secondary N) is 1. The van der Waals surface area contributed by atoms with Crippen LogP contribution >= 0.6 is 11.3 Å². The smallest absolute Gasteiger partial charge is 0.337 e. The molecule has 1 aromatic carbocycles. The predicted molar refractivity (Wildman–Crippen MR) is 76.3 cm³/mol. The summed E-state index contributed by atoms with van der Waals surface area (Å²) < 4.78 is 1.24. The monoisotopic (exact) mass is 270 g/mol. The van der Waals surface area contributed by atoms with Crippen molar-refractivity contribution in [1.29, 1.82) is 0 Å². The number of benzene rings is 1. The van der Waals surface area contributed by atoms with Gasteiger partial charge in [-0.25, -0.2) is 9.78 Å². The third-order valence-electron chi connectivity index (χ3n) is 2.74. The number of rotatable bonds is 3. The summed E-state index contributed by atoms with van der Waals surface area (Å²) in [7, 11) is 0. The molecule has 0 saturated carbocycles. The summed E-state index contributed by atoms with van der Waals surface area (Å²) in [5.41, 5.74) is 1.11. The molecule has 3 rings (SSSR count). The highest BCUT2D eigenvalue weighted by Gasteiger charge is 2.03. The van der Waals surface area contributed by atoms with Crippen molar-refractivity contribution in [1.82, 2.24) is 4.98 Å². The second-order valence-electron chi connectivity index (χ2n) is 4.04. The Balaban J connectivity index is 1.85. The summed E-state index contributed by atoms with van der Waals surface area (Å²) in [5, 5.41) is 15.2. The molecule has 2 aromatic heterocycles. The maximum absolute atomic E-state index is 10.7. The second-order valence-corrected chi connectivity index (χ2v) is 4.98. The number of nitrogens with zero attached hydrogens (tertiary/aromatic N) is 1. The highest BCUT2D eigenvalue weighted by Crippen LogP contribution is 2.25. The minimum Gasteiger partial charge on any atom is -0.478 e. The van der Waals surface area contributed by atoms with Crippen LogP contribution in [0.4, 0.5) is 11.5 Å². The minimum atomic E-state index is -0.973. The van der Waals surface area contributed by atoms with Crippen LogP contribution in [0.2, 0.25) is 0 Å². The number of anilines is 2. The normalized spacial score (nSPS) is 10.5. The Bertz CT molecular complexity index is 735. The van der Waals surface area contributed by atoms with Crippen LogP contribution in [0.1, 0.15) is 10.4 Å². The highest BCUT2D eigenvalue weighted by molar-refractivity contribution is 7.17. The molecule has 5 heteroatoms. The van der Waals surface area contributed by atoms with Crippen molar-refractivity contribution in [3.05, 3.63) is 53.5 Å². The topological polar surface area (TPSA) is 62.2 Å². The number of fused-ring (bicyclic) bond motifs is 1. The number of pyridine rings is 1. The average Bonchev–Trinajstić information content (AvgIpc) is 2.87. The first kappa shape index (κ1) is 11.7. The van der Waals surface area contributed by atoms with Gasteiger partial charge in [0.25, 0.3) is 0 Å². The van der Waals surface area contributed by atoms with E-state index >= 15 is 0 Å². The fourth-order valence-electron chi connectivity index (χ4n) is 1.79. The molecular weight excluding hydrogens is 260 g/mol. The molecule has 0 fully saturated rings. The molecule has 0 aliphatic heterocycles. The number of thiophene rings is 1. The van der Waals surface area contributed by atoms with Crippen molar-refractivity contribution in [3.63, 3.8) is 0 Å². The first-order valence-electron chi connectivity index (χ1n) is 5.66. The summed E-state index contributed by atoms with van der Waals surface area (Å²) in [6.45, 7) is 0. The molecule has 0 spiro atoms. The van der Waals surface area contributed by atoms with Crippen LogP contribution in [-0.2, 0) is 0 Å². The summed E-state index contributed by atoms with van der Waals surface area (Å²) in [6, 6.07) is 11.3. The molecule has 0 unspecified atom stereocenters. The zero-order valence-electron chi connectivity index (χ0n) is 9.83. The number of carboxylic acid groups (broad SMARTS) is 1. The maximum atomic E-state index is 10.7. The van der Waals surface area contributed by atoms with Gasteiger partial charge in [-0.05, 0) is 47.2 Å². The molecule has 4 nitrogen and oxygen atoms in total. The Labute approximate surface area is 113 Å². The van der Waals surface area contributed by atoms with Gasteiger partial charge >= 0.3 is 5.97 Å². The number of aromatic nitrogens is 1. The molecule has 0 aliphatic rings. The van der Waals surface area contributed by atoms with E-state index in [1.165, 1.54) is 22.3 Å². The first-order chi connectivity index (χ1) is 9.22. The Morgan fingerprint density at radius 2 is 2.11 bits per heavy atom. The van der Waals surface area contributed by atoms with E-state index in [1.54, 1.807) is 17.4 Å². The molecule has 0 bridgehead atoms. The molecule has 0 radical (unpaired) electrons. The Morgan fingerprint density at radius 3 is 2.84 bits per heavy atom. The van der Waals surface area contributed by atoms with Crippen LogP contribution in [0.25, 0.3) is 10.1 Å². The molecule has 0 aliphatic carbocycles. The van der Waals surface area contributed by atoms with Gasteiger partial charge in [0.05, 0.1) is 5.56 Å². The third kappa shape index (κ3) is 2.41. The van der Waals surface area contributed by atoms with Crippen molar-refractivity contribution in [2.75, 3.05) is 5.32 Å². The van der Waals surface area contributed by atoms with E-state index in [-0.39, 0.29) is 5.56 Å². The van der Waals surface area contributed by atoms with E-state index in [2.05, 4.69) is 16.4 Å². The number of hydrogen-bond acceptors (Lipinski definition) is 4. The molecule has 0 saturated heterocycles. The van der Waals surface area contributed by atoms with E-state index in [1.807, 2.05) is 23.6 Å². The summed E-state index contributed by atoms with van der Waals surface area (Å²) in [4.78, 5) is 14.8. The first-order valence-corrected chi connectivity index (χ1v) is 6.54. The van der Waals surface area contributed by atoms with Gasteiger partial charge in [-0.3, -0.25) is 0 Å². The standard InChI is InChI=1S/C14H10N2O2S/c17-14(18)10-1-4-13(15-8-10)16-11-2-3-12-9(7-11)5-6-19-12/h1-8H,(H,15,16)(H,17,18). The van der Waals surface area contributed by atoms with E-state index in [0.29, 0.717) is 5.82 Å². The Hall–Kier alpha value is -2.40. The van der Waals surface area contributed by atoms with Crippen LogP contribution < -0.4 is 5.32 Å². The minimum absolute atomic E-state index is 0.179. The Kier molecular flexibility index (Phi) is 2.89. The van der Waals surface area contributed by atoms with E-state index in [0.717, 1.165) is 5.69 Å². The van der Waals surface area contributed by atoms with Gasteiger partial charge in [0, 0.05) is 16.6 Å². The molecule has 94 valence electrons. The predicted octanol–water partition coefficient (Wildman–Crippen LogP) is 3.74. The number of hydrogen-bond donors (Lipinski definition) is 2. The van der Waals surface area contributed by atoms with Crippen molar-refractivity contribution < 1.29 is 9.90 Å². The van der Waals surface area contributed by atoms with Gasteiger partial charge in [-0.2, -0.15) is 0 Å². The fourth-order valence-corrected chi connectivity index (χ4v) is 2.56. The van der Waals surface area contributed by atoms with E-state index in [9.17, 15) is 4.79 Å². The summed E-state index contributed by atoms with van der Waals surface area (Å²) >= 11 is 1.70. The van der Waals surface area contributed by atoms with E-state index < -0.39 is 5.97 Å². The molecular formula is C14H10N2O2S. The van der Waals surface area contributed by atoms with Crippen LogP contribution in [0, 0.1) is 0 Å². The lowest BCUT2D eigenvalue weighted by atomic mass is 10.2. The van der Waals surface area contributed by atoms with Gasteiger partial charge in [0.1, 0.15) is 5.82 Å². The highest BCUT2D eigenvalue weighted by atomic mass is 32.1. The number of carboxylic acids is 1. The maximum Gasteiger partial charge on any atom is 0.337 e. The molecule has 0 amide bonds. The quantitative estimate of drug-likeness (QED) is 0.761. The third-order valence-corrected chi connectivity index (χ3v) is 3.63. The van der Waals surface area contributed by atoms with Gasteiger partial charge in [-0.15, -0.1) is 11.3 Å².